The van der Waals surface area contributed by atoms with Crippen molar-refractivity contribution < 1.29 is 35.8 Å². The van der Waals surface area contributed by atoms with Crippen LogP contribution in [0.4, 0.5) is 26.3 Å². The standard InChI is InChI=1S/C30H30F6O2/c1-2-3-4-5-19-6-9-21(10-7-19)23-17-37-27(38-18-23)11-8-20-14-22-16-25(31)24(12-13-30(34,35)36)29(33)28(22)26(32)15-20/h14-16,19,21,23,27H,2-7,9-10,17-18H2,1H3. The van der Waals surface area contributed by atoms with Crippen LogP contribution in [0.15, 0.2) is 18.2 Å². The first-order valence-corrected chi connectivity index (χ1v) is 13.1. The molecule has 0 radical (unpaired) electrons. The van der Waals surface area contributed by atoms with Gasteiger partial charge in [0, 0.05) is 17.4 Å². The number of hydrogen-bond acceptors (Lipinski definition) is 2. The van der Waals surface area contributed by atoms with Gasteiger partial charge >= 0.3 is 6.18 Å². The molecule has 0 unspecified atom stereocenters. The van der Waals surface area contributed by atoms with Crippen LogP contribution in [0.2, 0.25) is 0 Å². The summed E-state index contributed by atoms with van der Waals surface area (Å²) in [5.74, 6) is 5.49. The van der Waals surface area contributed by atoms with Crippen LogP contribution in [0.25, 0.3) is 10.8 Å². The lowest BCUT2D eigenvalue weighted by atomic mass is 9.74. The molecule has 1 saturated heterocycles. The molecule has 1 saturated carbocycles. The third kappa shape index (κ3) is 7.24. The minimum atomic E-state index is -4.94. The Labute approximate surface area is 219 Å². The Hall–Kier alpha value is -2.68. The van der Waals surface area contributed by atoms with Gasteiger partial charge in [-0.2, -0.15) is 13.2 Å². The van der Waals surface area contributed by atoms with E-state index in [4.69, 9.17) is 9.47 Å². The van der Waals surface area contributed by atoms with Crippen molar-refractivity contribution in [3.05, 3.63) is 46.8 Å². The molecule has 1 aliphatic heterocycles. The maximum Gasteiger partial charge on any atom is 0.458 e. The highest BCUT2D eigenvalue weighted by atomic mass is 19.4. The lowest BCUT2D eigenvalue weighted by Crippen LogP contribution is -2.36. The molecule has 0 amide bonds. The van der Waals surface area contributed by atoms with Crippen LogP contribution in [0.5, 0.6) is 0 Å². The van der Waals surface area contributed by atoms with Crippen LogP contribution in [-0.2, 0) is 9.47 Å². The van der Waals surface area contributed by atoms with E-state index in [0.29, 0.717) is 25.0 Å². The molecule has 38 heavy (non-hydrogen) atoms. The molecule has 1 heterocycles. The van der Waals surface area contributed by atoms with Crippen LogP contribution >= 0.6 is 0 Å². The number of alkyl halides is 3. The van der Waals surface area contributed by atoms with E-state index in [0.717, 1.165) is 24.0 Å². The summed E-state index contributed by atoms with van der Waals surface area (Å²) in [6, 6.07) is 2.93. The number of halogens is 6. The van der Waals surface area contributed by atoms with Gasteiger partial charge in [-0.1, -0.05) is 57.3 Å². The summed E-state index contributed by atoms with van der Waals surface area (Å²) in [4.78, 5) is 0. The Balaban J connectivity index is 1.38. The molecule has 2 aromatic carbocycles. The Morgan fingerprint density at radius 1 is 0.868 bits per heavy atom. The van der Waals surface area contributed by atoms with E-state index in [1.165, 1.54) is 63.4 Å². The fraction of sp³-hybridized carbons (Fsp3) is 0.533. The highest BCUT2D eigenvalue weighted by Gasteiger charge is 2.31. The van der Waals surface area contributed by atoms with Crippen LogP contribution < -0.4 is 0 Å². The highest BCUT2D eigenvalue weighted by molar-refractivity contribution is 5.87. The van der Waals surface area contributed by atoms with Crippen molar-refractivity contribution >= 4 is 10.8 Å². The van der Waals surface area contributed by atoms with Gasteiger partial charge in [0.15, 0.2) is 5.82 Å². The second-order valence-electron chi connectivity index (χ2n) is 10.2. The first kappa shape index (κ1) is 28.3. The van der Waals surface area contributed by atoms with Crippen molar-refractivity contribution in [2.75, 3.05) is 13.2 Å². The fourth-order valence-corrected chi connectivity index (χ4v) is 5.38. The quantitative estimate of drug-likeness (QED) is 0.220. The van der Waals surface area contributed by atoms with Crippen LogP contribution in [0.1, 0.15) is 69.4 Å². The summed E-state index contributed by atoms with van der Waals surface area (Å²) >= 11 is 0. The summed E-state index contributed by atoms with van der Waals surface area (Å²) in [5.41, 5.74) is -1.02. The summed E-state index contributed by atoms with van der Waals surface area (Å²) in [5, 5.41) is -0.839. The van der Waals surface area contributed by atoms with E-state index in [9.17, 15) is 26.3 Å². The predicted octanol–water partition coefficient (Wildman–Crippen LogP) is 7.90. The van der Waals surface area contributed by atoms with E-state index in [-0.39, 0.29) is 10.9 Å². The van der Waals surface area contributed by atoms with Gasteiger partial charge in [0.2, 0.25) is 6.29 Å². The average Bonchev–Trinajstić information content (AvgIpc) is 2.87. The molecule has 8 heteroatoms. The summed E-state index contributed by atoms with van der Waals surface area (Å²) in [6.45, 7) is 3.27. The maximum atomic E-state index is 14.7. The zero-order valence-electron chi connectivity index (χ0n) is 21.2. The third-order valence-electron chi connectivity index (χ3n) is 7.44. The molecule has 2 fully saturated rings. The zero-order valence-corrected chi connectivity index (χ0v) is 21.2. The molecule has 0 N–H and O–H groups in total. The van der Waals surface area contributed by atoms with E-state index in [2.05, 4.69) is 18.8 Å². The van der Waals surface area contributed by atoms with Gasteiger partial charge in [0.25, 0.3) is 0 Å². The molecule has 0 aromatic heterocycles. The molecular weight excluding hydrogens is 506 g/mol. The second-order valence-corrected chi connectivity index (χ2v) is 10.2. The summed E-state index contributed by atoms with van der Waals surface area (Å²) in [6.07, 6.45) is 4.28. The van der Waals surface area contributed by atoms with Crippen LogP contribution in [0.3, 0.4) is 0 Å². The predicted molar refractivity (Wildman–Crippen MR) is 132 cm³/mol. The third-order valence-corrected chi connectivity index (χ3v) is 7.44. The Kier molecular flexibility index (Phi) is 9.28. The average molecular weight is 537 g/mol. The van der Waals surface area contributed by atoms with E-state index < -0.39 is 40.9 Å². The van der Waals surface area contributed by atoms with Crippen molar-refractivity contribution in [2.45, 2.75) is 70.8 Å². The van der Waals surface area contributed by atoms with Crippen molar-refractivity contribution in [3.8, 4) is 23.7 Å². The number of benzene rings is 2. The Morgan fingerprint density at radius 3 is 2.24 bits per heavy atom. The number of fused-ring (bicyclic) bond motifs is 1. The van der Waals surface area contributed by atoms with Crippen LogP contribution in [0, 0.1) is 58.9 Å². The molecule has 0 bridgehead atoms. The summed E-state index contributed by atoms with van der Waals surface area (Å²) in [7, 11) is 0. The number of unbranched alkanes of at least 4 members (excludes halogenated alkanes) is 2. The van der Waals surface area contributed by atoms with Crippen molar-refractivity contribution in [1.29, 1.82) is 0 Å². The first-order chi connectivity index (χ1) is 18.1. The largest absolute Gasteiger partial charge is 0.458 e. The Bertz CT molecular complexity index is 1250. The van der Waals surface area contributed by atoms with Crippen molar-refractivity contribution in [1.82, 2.24) is 0 Å². The first-order valence-electron chi connectivity index (χ1n) is 13.1. The maximum absolute atomic E-state index is 14.7. The van der Waals surface area contributed by atoms with Crippen LogP contribution in [-0.4, -0.2) is 25.7 Å². The molecule has 4 rings (SSSR count). The normalized spacial score (nSPS) is 23.9. The molecule has 0 atom stereocenters. The molecular formula is C30H30F6O2. The lowest BCUT2D eigenvalue weighted by molar-refractivity contribution is -0.180. The monoisotopic (exact) mass is 536 g/mol. The molecule has 1 aliphatic carbocycles. The summed E-state index contributed by atoms with van der Waals surface area (Å²) < 4.78 is 92.1. The Morgan fingerprint density at radius 2 is 1.58 bits per heavy atom. The lowest BCUT2D eigenvalue weighted by Gasteiger charge is -2.36. The molecule has 2 aromatic rings. The second kappa shape index (κ2) is 12.5. The number of ether oxygens (including phenoxy) is 2. The fourth-order valence-electron chi connectivity index (χ4n) is 5.38. The number of rotatable bonds is 5. The minimum absolute atomic E-state index is 0.124. The highest BCUT2D eigenvalue weighted by Crippen LogP contribution is 2.37. The van der Waals surface area contributed by atoms with Gasteiger partial charge in [-0.25, -0.2) is 13.2 Å². The van der Waals surface area contributed by atoms with E-state index in [1.807, 2.05) is 0 Å². The SMILES string of the molecule is CCCCCC1CCC(C2COC(C#Cc3cc(F)c4c(F)c(C#CC(F)(F)F)c(F)cc4c3)OC2)CC1. The van der Waals surface area contributed by atoms with E-state index >= 15 is 0 Å². The smallest absolute Gasteiger partial charge is 0.342 e. The topological polar surface area (TPSA) is 18.5 Å². The van der Waals surface area contributed by atoms with Gasteiger partial charge < -0.3 is 9.47 Å². The minimum Gasteiger partial charge on any atom is -0.342 e. The van der Waals surface area contributed by atoms with Gasteiger partial charge in [-0.15, -0.1) is 0 Å². The molecule has 0 spiro atoms. The molecule has 204 valence electrons. The molecule has 2 nitrogen and oxygen atoms in total. The van der Waals surface area contributed by atoms with Gasteiger partial charge in [0.05, 0.1) is 24.2 Å². The van der Waals surface area contributed by atoms with Gasteiger partial charge in [0.1, 0.15) is 11.6 Å². The van der Waals surface area contributed by atoms with Gasteiger partial charge in [-0.3, -0.25) is 0 Å². The zero-order chi connectivity index (χ0) is 27.3. The van der Waals surface area contributed by atoms with Gasteiger partial charge in [-0.05, 0) is 54.2 Å². The van der Waals surface area contributed by atoms with Crippen molar-refractivity contribution in [2.24, 2.45) is 17.8 Å². The molecule has 2 aliphatic rings. The van der Waals surface area contributed by atoms with Crippen molar-refractivity contribution in [3.63, 3.8) is 0 Å². The van der Waals surface area contributed by atoms with E-state index in [1.54, 1.807) is 0 Å². The number of hydrogen-bond donors (Lipinski definition) is 0.